The number of benzene rings is 4. The van der Waals surface area contributed by atoms with Crippen molar-refractivity contribution in [3.63, 3.8) is 0 Å². The van der Waals surface area contributed by atoms with Gasteiger partial charge in [0.1, 0.15) is 0 Å². The molecule has 1 amide bonds. The van der Waals surface area contributed by atoms with Crippen molar-refractivity contribution in [2.45, 2.75) is 33.4 Å². The van der Waals surface area contributed by atoms with Crippen LogP contribution in [0.3, 0.4) is 0 Å². The van der Waals surface area contributed by atoms with Gasteiger partial charge < -0.3 is 9.88 Å². The van der Waals surface area contributed by atoms with E-state index in [1.807, 2.05) is 49.4 Å². The smallest absolute Gasteiger partial charge is 0.345 e. The number of rotatable bonds is 6. The predicted molar refractivity (Wildman–Crippen MR) is 165 cm³/mol. The Morgan fingerprint density at radius 1 is 0.833 bits per heavy atom. The van der Waals surface area contributed by atoms with E-state index in [9.17, 15) is 4.79 Å². The molecule has 0 radical (unpaired) electrons. The second kappa shape index (κ2) is 12.5. The van der Waals surface area contributed by atoms with Gasteiger partial charge in [0.05, 0.1) is 11.6 Å². The number of nitrogens with one attached hydrogen (secondary N) is 1. The minimum Gasteiger partial charge on any atom is -0.345 e. The van der Waals surface area contributed by atoms with E-state index >= 15 is 0 Å². The Kier molecular flexibility index (Phi) is 8.37. The zero-order valence-electron chi connectivity index (χ0n) is 23.8. The van der Waals surface area contributed by atoms with E-state index in [1.54, 1.807) is 6.20 Å². The summed E-state index contributed by atoms with van der Waals surface area (Å²) in [6.07, 6.45) is 2.05. The minimum absolute atomic E-state index is 0.0772. The van der Waals surface area contributed by atoms with Gasteiger partial charge in [0, 0.05) is 40.3 Å². The maximum absolute atomic E-state index is 13.3. The summed E-state index contributed by atoms with van der Waals surface area (Å²) in [4.78, 5) is 34.0. The van der Waals surface area contributed by atoms with Gasteiger partial charge >= 0.3 is 6.15 Å². The molecule has 0 aliphatic heterocycles. The lowest BCUT2D eigenvalue weighted by Gasteiger charge is -2.16. The van der Waals surface area contributed by atoms with Gasteiger partial charge in [-0.05, 0) is 78.9 Å². The molecule has 1 N–H and O–H groups in total. The normalized spacial score (nSPS) is 11.4. The number of aryl methyl sites for hydroxylation is 1. The zero-order chi connectivity index (χ0) is 29.6. The summed E-state index contributed by atoms with van der Waals surface area (Å²) in [7, 11) is 0. The molecule has 2 aromatic heterocycles. The van der Waals surface area contributed by atoms with Crippen molar-refractivity contribution >= 4 is 33.9 Å². The molecule has 0 aliphatic rings. The van der Waals surface area contributed by atoms with Crippen LogP contribution < -0.4 is 5.32 Å². The third-order valence-electron chi connectivity index (χ3n) is 7.80. The van der Waals surface area contributed by atoms with Crippen LogP contribution >= 0.6 is 0 Å². The fourth-order valence-corrected chi connectivity index (χ4v) is 5.46. The fourth-order valence-electron chi connectivity index (χ4n) is 5.46. The third kappa shape index (κ3) is 5.75. The van der Waals surface area contributed by atoms with Gasteiger partial charge in [-0.15, -0.1) is 0 Å². The molecule has 208 valence electrons. The Hall–Kier alpha value is -5.32. The molecule has 0 unspecified atom stereocenters. The first-order valence-electron chi connectivity index (χ1n) is 13.8. The van der Waals surface area contributed by atoms with Crippen molar-refractivity contribution in [2.75, 3.05) is 0 Å². The Labute approximate surface area is 244 Å². The van der Waals surface area contributed by atoms with E-state index in [2.05, 4.69) is 89.4 Å². The van der Waals surface area contributed by atoms with Crippen molar-refractivity contribution in [2.24, 2.45) is 0 Å². The van der Waals surface area contributed by atoms with Gasteiger partial charge in [-0.1, -0.05) is 72.8 Å². The molecular formula is C36H31N3O3. The number of aromatic nitrogens is 2. The van der Waals surface area contributed by atoms with Crippen molar-refractivity contribution < 1.29 is 14.4 Å². The number of hydrogen-bond donors (Lipinski definition) is 1. The van der Waals surface area contributed by atoms with Crippen molar-refractivity contribution in [1.29, 1.82) is 0 Å². The van der Waals surface area contributed by atoms with E-state index in [0.29, 0.717) is 5.56 Å². The van der Waals surface area contributed by atoms with Gasteiger partial charge in [0.25, 0.3) is 5.91 Å². The maximum Gasteiger partial charge on any atom is 0.373 e. The molecular weight excluding hydrogens is 522 g/mol. The van der Waals surface area contributed by atoms with Crippen LogP contribution in [0, 0.1) is 13.8 Å². The molecule has 1 atom stereocenters. The highest BCUT2D eigenvalue weighted by molar-refractivity contribution is 5.99. The molecule has 42 heavy (non-hydrogen) atoms. The molecule has 0 saturated carbocycles. The summed E-state index contributed by atoms with van der Waals surface area (Å²) < 4.78 is 2.34. The number of carbonyl (C=O) groups excluding carboxylic acids is 3. The molecule has 4 aromatic carbocycles. The van der Waals surface area contributed by atoms with Gasteiger partial charge in [0.2, 0.25) is 0 Å². The monoisotopic (exact) mass is 553 g/mol. The molecule has 2 heterocycles. The summed E-state index contributed by atoms with van der Waals surface area (Å²) in [5.74, 6) is -0.0772. The lowest BCUT2D eigenvalue weighted by molar-refractivity contribution is -0.191. The lowest BCUT2D eigenvalue weighted by Crippen LogP contribution is -2.26. The number of para-hydroxylation sites is 1. The molecule has 0 bridgehead atoms. The average molecular weight is 554 g/mol. The van der Waals surface area contributed by atoms with Gasteiger partial charge in [-0.25, -0.2) is 0 Å². The number of pyridine rings is 1. The highest BCUT2D eigenvalue weighted by atomic mass is 16.2. The van der Waals surface area contributed by atoms with E-state index < -0.39 is 0 Å². The van der Waals surface area contributed by atoms with Crippen LogP contribution in [0.1, 0.15) is 45.7 Å². The van der Waals surface area contributed by atoms with E-state index in [0.717, 1.165) is 33.9 Å². The molecule has 6 nitrogen and oxygen atoms in total. The summed E-state index contributed by atoms with van der Waals surface area (Å²) in [5.41, 5.74) is 9.90. The molecule has 0 saturated heterocycles. The molecule has 6 aromatic rings. The van der Waals surface area contributed by atoms with Crippen LogP contribution in [-0.4, -0.2) is 21.6 Å². The minimum atomic E-state index is -0.146. The van der Waals surface area contributed by atoms with Crippen molar-refractivity contribution in [1.82, 2.24) is 14.9 Å². The number of carbonyl (C=O) groups is 1. The van der Waals surface area contributed by atoms with Crippen LogP contribution in [0.4, 0.5) is 0 Å². The lowest BCUT2D eigenvalue weighted by atomic mass is 10.0. The molecule has 0 aliphatic carbocycles. The summed E-state index contributed by atoms with van der Waals surface area (Å²) >= 11 is 0. The highest BCUT2D eigenvalue weighted by Crippen LogP contribution is 2.29. The third-order valence-corrected chi connectivity index (χ3v) is 7.80. The number of amides is 1. The average Bonchev–Trinajstić information content (AvgIpc) is 3.26. The van der Waals surface area contributed by atoms with E-state index in [4.69, 9.17) is 9.59 Å². The predicted octanol–water partition coefficient (Wildman–Crippen LogP) is 7.43. The highest BCUT2D eigenvalue weighted by Gasteiger charge is 2.17. The van der Waals surface area contributed by atoms with Gasteiger partial charge in [0.15, 0.2) is 0 Å². The fraction of sp³-hybridized carbons (Fsp3) is 0.139. The van der Waals surface area contributed by atoms with E-state index in [-0.39, 0.29) is 18.1 Å². The number of fused-ring (bicyclic) bond motifs is 2. The molecule has 6 rings (SSSR count). The Bertz CT molecular complexity index is 1900. The zero-order valence-corrected chi connectivity index (χ0v) is 23.8. The van der Waals surface area contributed by atoms with Crippen LogP contribution in [0.15, 0.2) is 109 Å². The van der Waals surface area contributed by atoms with Crippen LogP contribution in [0.2, 0.25) is 0 Å². The first-order valence-corrected chi connectivity index (χ1v) is 13.8. The van der Waals surface area contributed by atoms with Gasteiger partial charge in [-0.3, -0.25) is 9.78 Å². The molecule has 0 fully saturated rings. The molecule has 6 heteroatoms. The Balaban J connectivity index is 0.00000113. The summed E-state index contributed by atoms with van der Waals surface area (Å²) in [5, 5.41) is 5.37. The number of nitrogens with zero attached hydrogens (tertiary/aromatic N) is 2. The first kappa shape index (κ1) is 28.2. The second-order valence-electron chi connectivity index (χ2n) is 10.3. The Morgan fingerprint density at radius 2 is 1.50 bits per heavy atom. The standard InChI is InChI=1S/C35H31N3O.CO2/c1-23-25(3)38(22-26-13-15-28(16-14-26)27-9-5-4-6-10-27)34-18-17-29(21-32(23)34)35(39)37-24(2)30-19-20-36-33-12-8-7-11-31(30)33;2-1-3/h4-21,24H,22H2,1-3H3,(H,37,39);/t24-;/m0./s1. The maximum atomic E-state index is 13.3. The van der Waals surface area contributed by atoms with Gasteiger partial charge in [-0.2, -0.15) is 9.59 Å². The molecule has 0 spiro atoms. The largest absolute Gasteiger partial charge is 0.373 e. The van der Waals surface area contributed by atoms with Crippen LogP contribution in [-0.2, 0) is 16.1 Å². The first-order chi connectivity index (χ1) is 20.4. The summed E-state index contributed by atoms with van der Waals surface area (Å²) in [6.45, 7) is 7.10. The SMILES string of the molecule is Cc1c(C)n(Cc2ccc(-c3ccccc3)cc2)c2ccc(C(=O)N[C@@H](C)c3ccnc4ccccc34)cc12.O=C=O. The topological polar surface area (TPSA) is 81.1 Å². The number of hydrogen-bond acceptors (Lipinski definition) is 4. The quantitative estimate of drug-likeness (QED) is 0.233. The van der Waals surface area contributed by atoms with E-state index in [1.165, 1.54) is 27.9 Å². The summed E-state index contributed by atoms with van der Waals surface area (Å²) in [6, 6.07) is 35.1. The van der Waals surface area contributed by atoms with Crippen LogP contribution in [0.25, 0.3) is 32.9 Å². The van der Waals surface area contributed by atoms with Crippen molar-refractivity contribution in [3.8, 4) is 11.1 Å². The van der Waals surface area contributed by atoms with Crippen molar-refractivity contribution in [3.05, 3.63) is 137 Å². The second-order valence-corrected chi connectivity index (χ2v) is 10.3. The Morgan fingerprint density at radius 3 is 2.24 bits per heavy atom. The van der Waals surface area contributed by atoms with Crippen LogP contribution in [0.5, 0.6) is 0 Å².